The number of hydrogen-bond donors (Lipinski definition) is 1. The summed E-state index contributed by atoms with van der Waals surface area (Å²) in [5.74, 6) is -0.268. The van der Waals surface area contributed by atoms with Gasteiger partial charge in [0, 0.05) is 37.3 Å². The molecule has 1 aliphatic rings. The van der Waals surface area contributed by atoms with Crippen molar-refractivity contribution in [3.63, 3.8) is 0 Å². The first kappa shape index (κ1) is 18.3. The van der Waals surface area contributed by atoms with Crippen molar-refractivity contribution >= 4 is 27.3 Å². The van der Waals surface area contributed by atoms with Crippen LogP contribution in [0.4, 0.5) is 11.4 Å². The summed E-state index contributed by atoms with van der Waals surface area (Å²) >= 11 is 0. The van der Waals surface area contributed by atoms with E-state index in [0.717, 1.165) is 0 Å². The average molecular weight is 375 g/mol. The van der Waals surface area contributed by atoms with Gasteiger partial charge in [-0.3, -0.25) is 14.1 Å². The van der Waals surface area contributed by atoms with Crippen LogP contribution in [-0.4, -0.2) is 44.8 Å². The highest BCUT2D eigenvalue weighted by Crippen LogP contribution is 2.27. The Bertz CT molecular complexity index is 848. The van der Waals surface area contributed by atoms with Crippen LogP contribution in [0.3, 0.4) is 0 Å². The third kappa shape index (κ3) is 4.39. The van der Waals surface area contributed by atoms with Gasteiger partial charge in [0.2, 0.25) is 10.0 Å². The molecule has 3 rings (SSSR count). The third-order valence-corrected chi connectivity index (χ3v) is 5.41. The Morgan fingerprint density at radius 3 is 2.46 bits per heavy atom. The quantitative estimate of drug-likeness (QED) is 0.866. The summed E-state index contributed by atoms with van der Waals surface area (Å²) in [6.07, 6.45) is 5.61. The van der Waals surface area contributed by atoms with Gasteiger partial charge in [0.25, 0.3) is 5.91 Å². The average Bonchev–Trinajstić information content (AvgIpc) is 2.64. The van der Waals surface area contributed by atoms with Gasteiger partial charge in [-0.25, -0.2) is 8.42 Å². The van der Waals surface area contributed by atoms with E-state index in [2.05, 4.69) is 10.3 Å². The minimum absolute atomic E-state index is 0.116. The van der Waals surface area contributed by atoms with Crippen LogP contribution in [0, 0.1) is 0 Å². The zero-order valence-electron chi connectivity index (χ0n) is 14.5. The Balaban J connectivity index is 1.77. The van der Waals surface area contributed by atoms with Crippen LogP contribution in [0.1, 0.15) is 23.2 Å². The van der Waals surface area contributed by atoms with E-state index >= 15 is 0 Å². The molecule has 0 radical (unpaired) electrons. The van der Waals surface area contributed by atoms with Crippen molar-refractivity contribution in [3.8, 4) is 0 Å². The molecule has 2 heterocycles. The Morgan fingerprint density at radius 1 is 1.19 bits per heavy atom. The highest BCUT2D eigenvalue weighted by atomic mass is 32.2. The zero-order chi connectivity index (χ0) is 18.6. The highest BCUT2D eigenvalue weighted by Gasteiger charge is 2.28. The van der Waals surface area contributed by atoms with Crippen LogP contribution in [0.5, 0.6) is 0 Å². The van der Waals surface area contributed by atoms with Gasteiger partial charge in [0.1, 0.15) is 0 Å². The Labute approximate surface area is 153 Å². The van der Waals surface area contributed by atoms with Crippen molar-refractivity contribution in [2.75, 3.05) is 29.1 Å². The summed E-state index contributed by atoms with van der Waals surface area (Å²) in [5, 5.41) is 2.78. The molecule has 8 heteroatoms. The number of benzene rings is 1. The summed E-state index contributed by atoms with van der Waals surface area (Å²) in [6.45, 7) is 1.10. The first-order valence-corrected chi connectivity index (χ1v) is 10.2. The van der Waals surface area contributed by atoms with E-state index in [1.54, 1.807) is 42.6 Å². The van der Waals surface area contributed by atoms with E-state index in [-0.39, 0.29) is 11.9 Å². The lowest BCUT2D eigenvalue weighted by Gasteiger charge is -2.34. The lowest BCUT2D eigenvalue weighted by molar-refractivity contribution is 0.0875. The second kappa shape index (κ2) is 7.84. The van der Waals surface area contributed by atoms with E-state index in [9.17, 15) is 13.2 Å². The van der Waals surface area contributed by atoms with Crippen molar-refractivity contribution in [1.82, 2.24) is 4.98 Å². The van der Waals surface area contributed by atoms with Crippen molar-refractivity contribution in [2.45, 2.75) is 18.9 Å². The number of nitrogens with zero attached hydrogens (tertiary/aromatic N) is 2. The van der Waals surface area contributed by atoms with Crippen molar-refractivity contribution in [3.05, 3.63) is 54.4 Å². The second-order valence-corrected chi connectivity index (χ2v) is 8.00. The number of ether oxygens (including phenoxy) is 1. The molecule has 1 aromatic carbocycles. The molecule has 0 aliphatic carbocycles. The maximum atomic E-state index is 12.3. The van der Waals surface area contributed by atoms with Gasteiger partial charge in [0.15, 0.2) is 0 Å². The summed E-state index contributed by atoms with van der Waals surface area (Å²) in [6, 6.07) is 10.0. The maximum Gasteiger partial charge on any atom is 0.257 e. The van der Waals surface area contributed by atoms with Crippen LogP contribution in [0.25, 0.3) is 0 Å². The fourth-order valence-electron chi connectivity index (χ4n) is 2.98. The SMILES string of the molecule is CS(=O)(=O)N(c1ccc(NC(=O)c2cccnc2)cc1)C1CCOCC1. The van der Waals surface area contributed by atoms with Crippen LogP contribution in [-0.2, 0) is 14.8 Å². The van der Waals surface area contributed by atoms with Crippen LogP contribution in [0.2, 0.25) is 0 Å². The number of aromatic nitrogens is 1. The Hall–Kier alpha value is -2.45. The molecule has 0 spiro atoms. The number of sulfonamides is 1. The van der Waals surface area contributed by atoms with E-state index in [1.807, 2.05) is 0 Å². The van der Waals surface area contributed by atoms with Crippen molar-refractivity contribution in [1.29, 1.82) is 0 Å². The molecule has 0 unspecified atom stereocenters. The molecule has 1 aromatic heterocycles. The van der Waals surface area contributed by atoms with E-state index in [1.165, 1.54) is 16.8 Å². The number of amides is 1. The van der Waals surface area contributed by atoms with Crippen LogP contribution in [0.15, 0.2) is 48.8 Å². The topological polar surface area (TPSA) is 88.6 Å². The predicted octanol–water partition coefficient (Wildman–Crippen LogP) is 2.28. The van der Waals surface area contributed by atoms with Crippen molar-refractivity contribution in [2.24, 2.45) is 0 Å². The molecular weight excluding hydrogens is 354 g/mol. The first-order valence-electron chi connectivity index (χ1n) is 8.34. The number of rotatable bonds is 5. The standard InChI is InChI=1S/C18H21N3O4S/c1-26(23,24)21(17-8-11-25-12-9-17)16-6-4-15(5-7-16)20-18(22)14-3-2-10-19-13-14/h2-7,10,13,17H,8-9,11-12H2,1H3,(H,20,22). The molecule has 1 saturated heterocycles. The molecule has 1 N–H and O–H groups in total. The van der Waals surface area contributed by atoms with Gasteiger partial charge in [-0.05, 0) is 49.2 Å². The zero-order valence-corrected chi connectivity index (χ0v) is 15.3. The monoisotopic (exact) mass is 375 g/mol. The first-order chi connectivity index (χ1) is 12.4. The van der Waals surface area contributed by atoms with Gasteiger partial charge in [-0.1, -0.05) is 0 Å². The molecule has 138 valence electrons. The molecule has 0 bridgehead atoms. The molecule has 2 aromatic rings. The highest BCUT2D eigenvalue weighted by molar-refractivity contribution is 7.92. The number of hydrogen-bond acceptors (Lipinski definition) is 5. The van der Waals surface area contributed by atoms with Gasteiger partial charge in [0.05, 0.1) is 17.5 Å². The molecule has 7 nitrogen and oxygen atoms in total. The number of nitrogens with one attached hydrogen (secondary N) is 1. The largest absolute Gasteiger partial charge is 0.381 e. The fraction of sp³-hybridized carbons (Fsp3) is 0.333. The smallest absolute Gasteiger partial charge is 0.257 e. The number of anilines is 2. The van der Waals surface area contributed by atoms with E-state index < -0.39 is 10.0 Å². The number of carbonyl (C=O) groups excluding carboxylic acids is 1. The van der Waals surface area contributed by atoms with Crippen LogP contribution < -0.4 is 9.62 Å². The molecule has 0 atom stereocenters. The normalized spacial score (nSPS) is 15.4. The summed E-state index contributed by atoms with van der Waals surface area (Å²) in [7, 11) is -3.41. The maximum absolute atomic E-state index is 12.3. The summed E-state index contributed by atoms with van der Waals surface area (Å²) in [4.78, 5) is 16.1. The molecule has 26 heavy (non-hydrogen) atoms. The van der Waals surface area contributed by atoms with Gasteiger partial charge >= 0.3 is 0 Å². The van der Waals surface area contributed by atoms with Gasteiger partial charge in [-0.15, -0.1) is 0 Å². The van der Waals surface area contributed by atoms with E-state index in [4.69, 9.17) is 4.74 Å². The lowest BCUT2D eigenvalue weighted by atomic mass is 10.1. The number of carbonyl (C=O) groups is 1. The molecule has 1 aliphatic heterocycles. The number of pyridine rings is 1. The fourth-order valence-corrected chi connectivity index (χ4v) is 4.24. The molecule has 1 amide bonds. The lowest BCUT2D eigenvalue weighted by Crippen LogP contribution is -2.43. The van der Waals surface area contributed by atoms with Crippen LogP contribution >= 0.6 is 0 Å². The minimum atomic E-state index is -3.41. The predicted molar refractivity (Wildman–Crippen MR) is 99.8 cm³/mol. The Morgan fingerprint density at radius 2 is 1.88 bits per heavy atom. The minimum Gasteiger partial charge on any atom is -0.381 e. The molecular formula is C18H21N3O4S. The Kier molecular flexibility index (Phi) is 5.53. The second-order valence-electron chi connectivity index (χ2n) is 6.15. The van der Waals surface area contributed by atoms with Crippen molar-refractivity contribution < 1.29 is 17.9 Å². The van der Waals surface area contributed by atoms with E-state index in [0.29, 0.717) is 43.0 Å². The molecule has 0 saturated carbocycles. The third-order valence-electron chi connectivity index (χ3n) is 4.18. The van der Waals surface area contributed by atoms with Gasteiger partial charge < -0.3 is 10.1 Å². The summed E-state index contributed by atoms with van der Waals surface area (Å²) in [5.41, 5.74) is 1.62. The summed E-state index contributed by atoms with van der Waals surface area (Å²) < 4.78 is 31.4. The van der Waals surface area contributed by atoms with Gasteiger partial charge in [-0.2, -0.15) is 0 Å². The molecule has 1 fully saturated rings.